The zero-order valence-electron chi connectivity index (χ0n) is 7.51. The van der Waals surface area contributed by atoms with Crippen LogP contribution in [0, 0.1) is 34.0 Å². The summed E-state index contributed by atoms with van der Waals surface area (Å²) in [6, 6.07) is 4.56. The Labute approximate surface area is 73.8 Å². The zero-order chi connectivity index (χ0) is 9.03. The maximum absolute atomic E-state index is 8.85. The minimum atomic E-state index is -0.105. The quantitative estimate of drug-likeness (QED) is 0.595. The molecule has 1 aliphatic carbocycles. The fraction of sp³-hybridized carbons (Fsp3) is 0.800. The van der Waals surface area contributed by atoms with Gasteiger partial charge in [0.2, 0.25) is 0 Å². The molecule has 1 aliphatic rings. The number of nitriles is 2. The summed E-state index contributed by atoms with van der Waals surface area (Å²) in [5.74, 6) is 0.552. The molecule has 0 saturated heterocycles. The summed E-state index contributed by atoms with van der Waals surface area (Å²) in [4.78, 5) is 0. The van der Waals surface area contributed by atoms with Gasteiger partial charge in [0.25, 0.3) is 0 Å². The predicted octanol–water partition coefficient (Wildman–Crippen LogP) is 2.62. The second-order valence-electron chi connectivity index (χ2n) is 3.98. The van der Waals surface area contributed by atoms with E-state index in [4.69, 9.17) is 10.5 Å². The molecular formula is C10H14N2. The third-order valence-corrected chi connectivity index (χ3v) is 2.86. The number of hydrogen-bond acceptors (Lipinski definition) is 2. The maximum Gasteiger partial charge on any atom is 0.0686 e. The van der Waals surface area contributed by atoms with Crippen LogP contribution in [0.2, 0.25) is 0 Å². The molecule has 0 spiro atoms. The van der Waals surface area contributed by atoms with Crippen molar-refractivity contribution >= 4 is 0 Å². The molecule has 0 aromatic carbocycles. The van der Waals surface area contributed by atoms with Gasteiger partial charge in [-0.3, -0.25) is 0 Å². The molecule has 0 heterocycles. The topological polar surface area (TPSA) is 47.6 Å². The molecule has 0 radical (unpaired) electrons. The third-order valence-electron chi connectivity index (χ3n) is 2.86. The lowest BCUT2D eigenvalue weighted by Crippen LogP contribution is -2.22. The van der Waals surface area contributed by atoms with Crippen LogP contribution >= 0.6 is 0 Å². The molecule has 1 fully saturated rings. The summed E-state index contributed by atoms with van der Waals surface area (Å²) in [7, 11) is 0. The number of rotatable bonds is 1. The highest BCUT2D eigenvalue weighted by Crippen LogP contribution is 2.38. The van der Waals surface area contributed by atoms with Crippen molar-refractivity contribution in [3.05, 3.63) is 0 Å². The minimum Gasteiger partial charge on any atom is -0.198 e. The number of hydrogen-bond donors (Lipinski definition) is 0. The predicted molar refractivity (Wildman–Crippen MR) is 45.9 cm³/mol. The highest BCUT2D eigenvalue weighted by atomic mass is 14.4. The van der Waals surface area contributed by atoms with E-state index in [0.717, 1.165) is 25.7 Å². The second-order valence-corrected chi connectivity index (χ2v) is 3.98. The molecule has 0 aromatic rings. The van der Waals surface area contributed by atoms with Crippen molar-refractivity contribution in [1.82, 2.24) is 0 Å². The zero-order valence-corrected chi connectivity index (χ0v) is 7.51. The van der Waals surface area contributed by atoms with Crippen LogP contribution in [-0.4, -0.2) is 0 Å². The van der Waals surface area contributed by atoms with Crippen molar-refractivity contribution in [2.45, 2.75) is 39.0 Å². The molecule has 64 valence electrons. The average Bonchev–Trinajstić information content (AvgIpc) is 2.10. The highest BCUT2D eigenvalue weighted by molar-refractivity contribution is 4.99. The molecule has 1 saturated carbocycles. The van der Waals surface area contributed by atoms with E-state index in [1.54, 1.807) is 0 Å². The lowest BCUT2D eigenvalue weighted by Gasteiger charge is -2.30. The van der Waals surface area contributed by atoms with Crippen molar-refractivity contribution in [2.24, 2.45) is 11.3 Å². The summed E-state index contributed by atoms with van der Waals surface area (Å²) in [6.45, 7) is 2.02. The monoisotopic (exact) mass is 162 g/mol. The first-order valence-electron chi connectivity index (χ1n) is 4.48. The fourth-order valence-corrected chi connectivity index (χ4v) is 1.76. The largest absolute Gasteiger partial charge is 0.198 e. The molecule has 0 aromatic heterocycles. The molecule has 0 aliphatic heterocycles. The van der Waals surface area contributed by atoms with Crippen molar-refractivity contribution in [3.8, 4) is 12.1 Å². The van der Waals surface area contributed by atoms with Crippen LogP contribution in [0.3, 0.4) is 0 Å². The van der Waals surface area contributed by atoms with E-state index < -0.39 is 0 Å². The van der Waals surface area contributed by atoms with Gasteiger partial charge in [0.05, 0.1) is 17.6 Å². The lowest BCUT2D eigenvalue weighted by atomic mass is 9.72. The normalized spacial score (nSPS) is 35.1. The SMILES string of the molecule is CC1(C#N)CCC(CC#N)CC1. The summed E-state index contributed by atoms with van der Waals surface area (Å²) in [5, 5.41) is 17.3. The van der Waals surface area contributed by atoms with E-state index >= 15 is 0 Å². The molecule has 0 bridgehead atoms. The van der Waals surface area contributed by atoms with Gasteiger partial charge in [0, 0.05) is 6.42 Å². The Balaban J connectivity index is 2.41. The lowest BCUT2D eigenvalue weighted by molar-refractivity contribution is 0.232. The molecule has 0 unspecified atom stereocenters. The Bertz CT molecular complexity index is 223. The molecule has 12 heavy (non-hydrogen) atoms. The van der Waals surface area contributed by atoms with Gasteiger partial charge in [0.15, 0.2) is 0 Å². The van der Waals surface area contributed by atoms with Gasteiger partial charge >= 0.3 is 0 Å². The van der Waals surface area contributed by atoms with E-state index in [2.05, 4.69) is 12.1 Å². The molecular weight excluding hydrogens is 148 g/mol. The van der Waals surface area contributed by atoms with Gasteiger partial charge in [0.1, 0.15) is 0 Å². The van der Waals surface area contributed by atoms with Gasteiger partial charge in [-0.1, -0.05) is 0 Å². The Hall–Kier alpha value is -1.02. The first-order chi connectivity index (χ1) is 5.70. The van der Waals surface area contributed by atoms with Crippen LogP contribution in [0.1, 0.15) is 39.0 Å². The Morgan fingerprint density at radius 3 is 2.33 bits per heavy atom. The van der Waals surface area contributed by atoms with E-state index in [0.29, 0.717) is 12.3 Å². The first kappa shape index (κ1) is 9.07. The molecule has 0 N–H and O–H groups in total. The second kappa shape index (κ2) is 3.59. The van der Waals surface area contributed by atoms with Gasteiger partial charge in [-0.2, -0.15) is 10.5 Å². The summed E-state index contributed by atoms with van der Waals surface area (Å²) >= 11 is 0. The highest BCUT2D eigenvalue weighted by Gasteiger charge is 2.30. The van der Waals surface area contributed by atoms with Crippen LogP contribution in [-0.2, 0) is 0 Å². The summed E-state index contributed by atoms with van der Waals surface area (Å²) in [5.41, 5.74) is -0.105. The maximum atomic E-state index is 8.85. The smallest absolute Gasteiger partial charge is 0.0686 e. The van der Waals surface area contributed by atoms with Crippen LogP contribution in [0.4, 0.5) is 0 Å². The Morgan fingerprint density at radius 2 is 1.92 bits per heavy atom. The van der Waals surface area contributed by atoms with Gasteiger partial charge < -0.3 is 0 Å². The molecule has 0 atom stereocenters. The molecule has 1 rings (SSSR count). The van der Waals surface area contributed by atoms with Crippen molar-refractivity contribution < 1.29 is 0 Å². The van der Waals surface area contributed by atoms with Crippen LogP contribution < -0.4 is 0 Å². The first-order valence-corrected chi connectivity index (χ1v) is 4.48. The Kier molecular flexibility index (Phi) is 2.71. The number of nitrogens with zero attached hydrogens (tertiary/aromatic N) is 2. The van der Waals surface area contributed by atoms with Crippen LogP contribution in [0.5, 0.6) is 0 Å². The molecule has 2 heteroatoms. The van der Waals surface area contributed by atoms with Gasteiger partial charge in [-0.25, -0.2) is 0 Å². The van der Waals surface area contributed by atoms with Crippen molar-refractivity contribution in [1.29, 1.82) is 10.5 Å². The van der Waals surface area contributed by atoms with Crippen molar-refractivity contribution in [3.63, 3.8) is 0 Å². The molecule has 2 nitrogen and oxygen atoms in total. The minimum absolute atomic E-state index is 0.105. The van der Waals surface area contributed by atoms with Crippen molar-refractivity contribution in [2.75, 3.05) is 0 Å². The van der Waals surface area contributed by atoms with E-state index in [1.165, 1.54) is 0 Å². The standard InChI is InChI=1S/C10H14N2/c1-10(8-12)5-2-9(3-6-10)4-7-11/h9H,2-6H2,1H3. The van der Waals surface area contributed by atoms with E-state index in [9.17, 15) is 0 Å². The van der Waals surface area contributed by atoms with E-state index in [-0.39, 0.29) is 5.41 Å². The van der Waals surface area contributed by atoms with Crippen LogP contribution in [0.15, 0.2) is 0 Å². The Morgan fingerprint density at radius 1 is 1.33 bits per heavy atom. The van der Waals surface area contributed by atoms with Gasteiger partial charge in [-0.15, -0.1) is 0 Å². The van der Waals surface area contributed by atoms with Gasteiger partial charge in [-0.05, 0) is 38.5 Å². The summed E-state index contributed by atoms with van der Waals surface area (Å²) < 4.78 is 0. The average molecular weight is 162 g/mol. The molecule has 0 amide bonds. The fourth-order valence-electron chi connectivity index (χ4n) is 1.76. The third kappa shape index (κ3) is 1.98. The summed E-state index contributed by atoms with van der Waals surface area (Å²) in [6.07, 6.45) is 4.71. The van der Waals surface area contributed by atoms with E-state index in [1.807, 2.05) is 6.92 Å². The van der Waals surface area contributed by atoms with Crippen LogP contribution in [0.25, 0.3) is 0 Å².